The Bertz CT molecular complexity index is 1050. The topological polar surface area (TPSA) is 24.9 Å². The van der Waals surface area contributed by atoms with Crippen molar-refractivity contribution in [2.45, 2.75) is 20.1 Å². The molecule has 0 unspecified atom stereocenters. The standard InChI is InChI=1S/C27H29FN2O2S/c1-2-31-26-18-23(10-13-25(26)32-20-22-8-11-24(28)12-9-22)27(33)30-16-14-29(15-17-30)19-21-6-4-3-5-7-21/h3-13,18H,2,14-17,19-20H2,1H3. The molecule has 0 spiro atoms. The van der Waals surface area contributed by atoms with Gasteiger partial charge in [0.25, 0.3) is 0 Å². The van der Waals surface area contributed by atoms with Gasteiger partial charge in [-0.05, 0) is 48.4 Å². The Labute approximate surface area is 200 Å². The van der Waals surface area contributed by atoms with E-state index in [0.717, 1.165) is 48.8 Å². The average molecular weight is 465 g/mol. The van der Waals surface area contributed by atoms with E-state index in [2.05, 4.69) is 40.1 Å². The van der Waals surface area contributed by atoms with E-state index in [9.17, 15) is 4.39 Å². The molecule has 1 fully saturated rings. The molecule has 4 nitrogen and oxygen atoms in total. The van der Waals surface area contributed by atoms with Crippen LogP contribution in [0, 0.1) is 5.82 Å². The van der Waals surface area contributed by atoms with Crippen LogP contribution in [0.2, 0.25) is 0 Å². The van der Waals surface area contributed by atoms with E-state index in [1.54, 1.807) is 12.1 Å². The summed E-state index contributed by atoms with van der Waals surface area (Å²) in [6.45, 7) is 7.54. The lowest BCUT2D eigenvalue weighted by Crippen LogP contribution is -2.48. The predicted octanol–water partition coefficient (Wildman–Crippen LogP) is 5.30. The van der Waals surface area contributed by atoms with Crippen LogP contribution in [0.15, 0.2) is 72.8 Å². The molecule has 0 atom stereocenters. The zero-order valence-corrected chi connectivity index (χ0v) is 19.7. The van der Waals surface area contributed by atoms with E-state index in [0.29, 0.717) is 24.7 Å². The highest BCUT2D eigenvalue weighted by atomic mass is 32.1. The lowest BCUT2D eigenvalue weighted by Gasteiger charge is -2.36. The monoisotopic (exact) mass is 464 g/mol. The minimum Gasteiger partial charge on any atom is -0.490 e. The number of nitrogens with zero attached hydrogens (tertiary/aromatic N) is 2. The van der Waals surface area contributed by atoms with Gasteiger partial charge in [0.05, 0.1) is 6.61 Å². The number of hydrogen-bond donors (Lipinski definition) is 0. The summed E-state index contributed by atoms with van der Waals surface area (Å²) in [6.07, 6.45) is 0. The van der Waals surface area contributed by atoms with Gasteiger partial charge in [-0.1, -0.05) is 54.7 Å². The number of benzene rings is 3. The summed E-state index contributed by atoms with van der Waals surface area (Å²) in [5.41, 5.74) is 3.19. The summed E-state index contributed by atoms with van der Waals surface area (Å²) in [5, 5.41) is 0. The Morgan fingerprint density at radius 2 is 1.58 bits per heavy atom. The van der Waals surface area contributed by atoms with Crippen LogP contribution < -0.4 is 9.47 Å². The summed E-state index contributed by atoms with van der Waals surface area (Å²) >= 11 is 5.82. The first-order chi connectivity index (χ1) is 16.1. The van der Waals surface area contributed by atoms with E-state index in [1.165, 1.54) is 17.7 Å². The summed E-state index contributed by atoms with van der Waals surface area (Å²) in [4.78, 5) is 5.56. The van der Waals surface area contributed by atoms with Gasteiger partial charge in [-0.25, -0.2) is 4.39 Å². The van der Waals surface area contributed by atoms with Crippen LogP contribution in [0.25, 0.3) is 0 Å². The Morgan fingerprint density at radius 1 is 0.848 bits per heavy atom. The number of piperazine rings is 1. The Hall–Kier alpha value is -2.96. The van der Waals surface area contributed by atoms with Crippen LogP contribution in [0.5, 0.6) is 11.5 Å². The van der Waals surface area contributed by atoms with Crippen LogP contribution in [0.4, 0.5) is 4.39 Å². The number of ether oxygens (including phenoxy) is 2. The Balaban J connectivity index is 1.37. The molecular weight excluding hydrogens is 435 g/mol. The molecule has 1 heterocycles. The third-order valence-corrected chi connectivity index (χ3v) is 6.20. The SMILES string of the molecule is CCOc1cc(C(=S)N2CCN(Cc3ccccc3)CC2)ccc1OCc1ccc(F)cc1. The van der Waals surface area contributed by atoms with Gasteiger partial charge in [-0.2, -0.15) is 0 Å². The molecular formula is C27H29FN2O2S. The fourth-order valence-corrected chi connectivity index (χ4v) is 4.21. The molecule has 4 rings (SSSR count). The second-order valence-electron chi connectivity index (χ2n) is 8.06. The zero-order valence-electron chi connectivity index (χ0n) is 18.9. The molecule has 0 N–H and O–H groups in total. The van der Waals surface area contributed by atoms with Crippen LogP contribution in [0.1, 0.15) is 23.6 Å². The normalized spacial score (nSPS) is 14.2. The van der Waals surface area contributed by atoms with E-state index >= 15 is 0 Å². The molecule has 1 saturated heterocycles. The minimum atomic E-state index is -0.257. The highest BCUT2D eigenvalue weighted by molar-refractivity contribution is 7.80. The fraction of sp³-hybridized carbons (Fsp3) is 0.296. The zero-order chi connectivity index (χ0) is 23.0. The third kappa shape index (κ3) is 6.30. The molecule has 172 valence electrons. The van der Waals surface area contributed by atoms with Crippen molar-refractivity contribution in [1.29, 1.82) is 0 Å². The molecule has 3 aromatic carbocycles. The largest absolute Gasteiger partial charge is 0.490 e. The van der Waals surface area contributed by atoms with Crippen molar-refractivity contribution in [1.82, 2.24) is 9.80 Å². The molecule has 0 aliphatic carbocycles. The summed E-state index contributed by atoms with van der Waals surface area (Å²) in [7, 11) is 0. The average Bonchev–Trinajstić information content (AvgIpc) is 2.85. The third-order valence-electron chi connectivity index (χ3n) is 5.71. The highest BCUT2D eigenvalue weighted by Gasteiger charge is 2.21. The van der Waals surface area contributed by atoms with Crippen LogP contribution in [0.3, 0.4) is 0 Å². The maximum atomic E-state index is 13.1. The van der Waals surface area contributed by atoms with Gasteiger partial charge in [-0.15, -0.1) is 0 Å². The van der Waals surface area contributed by atoms with E-state index < -0.39 is 0 Å². The van der Waals surface area contributed by atoms with Crippen molar-refractivity contribution in [2.75, 3.05) is 32.8 Å². The quantitative estimate of drug-likeness (QED) is 0.422. The van der Waals surface area contributed by atoms with Crippen molar-refractivity contribution >= 4 is 17.2 Å². The molecule has 0 radical (unpaired) electrons. The first kappa shape index (κ1) is 23.2. The van der Waals surface area contributed by atoms with Gasteiger partial charge in [0.15, 0.2) is 11.5 Å². The van der Waals surface area contributed by atoms with Gasteiger partial charge in [-0.3, -0.25) is 4.90 Å². The van der Waals surface area contributed by atoms with Crippen molar-refractivity contribution < 1.29 is 13.9 Å². The van der Waals surface area contributed by atoms with Gasteiger partial charge in [0.1, 0.15) is 17.4 Å². The minimum absolute atomic E-state index is 0.257. The first-order valence-corrected chi connectivity index (χ1v) is 11.7. The van der Waals surface area contributed by atoms with Gasteiger partial charge >= 0.3 is 0 Å². The lowest BCUT2D eigenvalue weighted by atomic mass is 10.1. The lowest BCUT2D eigenvalue weighted by molar-refractivity contribution is 0.177. The Morgan fingerprint density at radius 3 is 2.27 bits per heavy atom. The molecule has 0 bridgehead atoms. The second-order valence-corrected chi connectivity index (χ2v) is 8.45. The second kappa shape index (κ2) is 11.3. The molecule has 1 aliphatic heterocycles. The molecule has 6 heteroatoms. The summed E-state index contributed by atoms with van der Waals surface area (Å²) in [6, 6.07) is 22.7. The van der Waals surface area contributed by atoms with Crippen LogP contribution in [-0.4, -0.2) is 47.6 Å². The maximum absolute atomic E-state index is 13.1. The number of thiocarbonyl (C=S) groups is 1. The fourth-order valence-electron chi connectivity index (χ4n) is 3.90. The number of rotatable bonds is 8. The Kier molecular flexibility index (Phi) is 7.92. The van der Waals surface area contributed by atoms with Crippen molar-refractivity contribution in [2.24, 2.45) is 0 Å². The van der Waals surface area contributed by atoms with Gasteiger partial charge < -0.3 is 14.4 Å². The number of hydrogen-bond acceptors (Lipinski definition) is 4. The smallest absolute Gasteiger partial charge is 0.161 e. The summed E-state index contributed by atoms with van der Waals surface area (Å²) in [5.74, 6) is 1.06. The molecule has 33 heavy (non-hydrogen) atoms. The molecule has 0 aromatic heterocycles. The van der Waals surface area contributed by atoms with Crippen molar-refractivity contribution in [3.05, 3.63) is 95.3 Å². The maximum Gasteiger partial charge on any atom is 0.161 e. The van der Waals surface area contributed by atoms with Gasteiger partial charge in [0.2, 0.25) is 0 Å². The van der Waals surface area contributed by atoms with E-state index in [4.69, 9.17) is 21.7 Å². The highest BCUT2D eigenvalue weighted by Crippen LogP contribution is 2.30. The summed E-state index contributed by atoms with van der Waals surface area (Å²) < 4.78 is 24.9. The van der Waals surface area contributed by atoms with E-state index in [-0.39, 0.29) is 5.82 Å². The molecule has 0 amide bonds. The van der Waals surface area contributed by atoms with Gasteiger partial charge in [0, 0.05) is 38.3 Å². The van der Waals surface area contributed by atoms with E-state index in [1.807, 2.05) is 25.1 Å². The molecule has 1 aliphatic rings. The number of halogens is 1. The molecule has 0 saturated carbocycles. The predicted molar refractivity (Wildman–Crippen MR) is 133 cm³/mol. The van der Waals surface area contributed by atoms with Crippen LogP contribution >= 0.6 is 12.2 Å². The first-order valence-electron chi connectivity index (χ1n) is 11.3. The van der Waals surface area contributed by atoms with Crippen molar-refractivity contribution in [3.63, 3.8) is 0 Å². The van der Waals surface area contributed by atoms with Crippen LogP contribution in [-0.2, 0) is 13.2 Å². The van der Waals surface area contributed by atoms with Crippen molar-refractivity contribution in [3.8, 4) is 11.5 Å². The molecule has 3 aromatic rings.